The molecule has 1 saturated carbocycles. The van der Waals surface area contributed by atoms with Crippen LogP contribution in [0.15, 0.2) is 88.6 Å². The van der Waals surface area contributed by atoms with Crippen molar-refractivity contribution in [3.63, 3.8) is 0 Å². The number of Topliss-reactive ketones (excluding diaryl/α,β-unsaturated/α-hetero) is 1. The van der Waals surface area contributed by atoms with Gasteiger partial charge in [0.1, 0.15) is 0 Å². The molecule has 0 unspecified atom stereocenters. The number of ketones is 1. The first-order valence-corrected chi connectivity index (χ1v) is 35.0. The summed E-state index contributed by atoms with van der Waals surface area (Å²) in [7, 11) is 3.06. The minimum atomic E-state index is -0.732. The van der Waals surface area contributed by atoms with Crippen molar-refractivity contribution in [2.45, 2.75) is 110 Å². The molecule has 3 aromatic carbocycles. The molecule has 0 radical (unpaired) electrons. The number of nitrogens with one attached hydrogen (secondary N) is 3. The summed E-state index contributed by atoms with van der Waals surface area (Å²) >= 11 is 0. The van der Waals surface area contributed by atoms with Gasteiger partial charge in [0.2, 0.25) is 17.7 Å². The molecule has 7 amide bonds. The Labute approximate surface area is 589 Å². The Morgan fingerprint density at radius 1 is 0.554 bits per heavy atom. The SMILES string of the molecule is COc1cc2c(cc1OCCCOc1cc3c(cc1OC)C(=O)N1C=C(C4CC4)C[C@H]1C=N3)N=C[C@@H]1CC(c3ccc(NC(=O)[C@H](C)CC(=O)[C@@H](NC(=O)CCCCCOCCOCCOCCOCCOCCOCCOCCNC(=O)CCN4C(=O)C=CC4=O)C(C)C)cc3)=CN1C2=O. The Balaban J connectivity index is 0.570. The molecule has 6 aliphatic rings. The molecule has 9 rings (SSSR count). The Bertz CT molecular complexity index is 3490. The van der Waals surface area contributed by atoms with Gasteiger partial charge in [-0.15, -0.1) is 0 Å². The van der Waals surface area contributed by atoms with Crippen LogP contribution in [0, 0.1) is 17.8 Å². The van der Waals surface area contributed by atoms with Gasteiger partial charge in [0.05, 0.1) is 154 Å². The van der Waals surface area contributed by atoms with Crippen LogP contribution in [0.1, 0.15) is 118 Å². The standard InChI is InChI=1S/C74H96N8O19/c1-49(2)71(79-68(85)10-7-6-8-22-93-26-28-95-30-32-97-34-36-99-37-35-98-33-31-96-29-27-94-25-20-75-67(84)19-21-80-69(86)17-18-70(80)87)62(83)38-50(3)72(88)78-55-15-13-52(14-16-55)54-40-57-46-77-61-44-66(64(92-5)42-59(61)74(90)82(57)48-54)101-24-9-23-100-65-43-60-58(41-63(65)91-4)73(89)81-47-53(51-11-12-51)39-56(81)45-76-60/h13-18,41-51,56-57,71H,6-12,19-40H2,1-5H3,(H,75,84)(H,78,88)(H,79,85)/t50-,56+,57+,71+/m1/s1. The van der Waals surface area contributed by atoms with E-state index in [-0.39, 0.29) is 92.3 Å². The number of carbonyl (C=O) groups excluding carboxylic acids is 8. The van der Waals surface area contributed by atoms with Crippen LogP contribution in [-0.4, -0.2) is 225 Å². The molecule has 546 valence electrons. The molecule has 0 bridgehead atoms. The molecule has 0 spiro atoms. The van der Waals surface area contributed by atoms with E-state index in [0.717, 1.165) is 35.3 Å². The number of hydrogen-bond acceptors (Lipinski definition) is 21. The van der Waals surface area contributed by atoms with Gasteiger partial charge in [-0.1, -0.05) is 39.3 Å². The van der Waals surface area contributed by atoms with Crippen molar-refractivity contribution < 1.29 is 90.5 Å². The van der Waals surface area contributed by atoms with Gasteiger partial charge >= 0.3 is 0 Å². The molecular weight excluding hydrogens is 1300 g/mol. The summed E-state index contributed by atoms with van der Waals surface area (Å²) in [6.07, 6.45) is 16.4. The first kappa shape index (κ1) is 76.5. The zero-order valence-electron chi connectivity index (χ0n) is 58.5. The summed E-state index contributed by atoms with van der Waals surface area (Å²) in [5.74, 6) is -0.740. The van der Waals surface area contributed by atoms with E-state index in [0.29, 0.717) is 175 Å². The lowest BCUT2D eigenvalue weighted by Gasteiger charge is -2.23. The first-order chi connectivity index (χ1) is 49.1. The Morgan fingerprint density at radius 3 is 1.59 bits per heavy atom. The second kappa shape index (κ2) is 39.5. The number of unbranched alkanes of at least 4 members (excludes halogenated alkanes) is 2. The molecule has 5 heterocycles. The fraction of sp³-hybridized carbons (Fsp3) is 0.541. The lowest BCUT2D eigenvalue weighted by atomic mass is 9.92. The third kappa shape index (κ3) is 22.9. The average Bonchev–Trinajstić information content (AvgIpc) is 1.65. The third-order valence-electron chi connectivity index (χ3n) is 17.6. The Hall–Kier alpha value is -8.70. The quantitative estimate of drug-likeness (QED) is 0.0363. The second-order valence-electron chi connectivity index (χ2n) is 25.5. The molecule has 5 aliphatic heterocycles. The molecule has 3 N–H and O–H groups in total. The number of hydrogen-bond donors (Lipinski definition) is 3. The van der Waals surface area contributed by atoms with Crippen molar-refractivity contribution >= 4 is 82.2 Å². The predicted molar refractivity (Wildman–Crippen MR) is 374 cm³/mol. The smallest absolute Gasteiger partial charge is 0.260 e. The maximum absolute atomic E-state index is 14.2. The Morgan fingerprint density at radius 2 is 1.07 bits per heavy atom. The van der Waals surface area contributed by atoms with Crippen molar-refractivity contribution in [1.82, 2.24) is 25.3 Å². The molecular formula is C74H96N8O19. The summed E-state index contributed by atoms with van der Waals surface area (Å²) in [4.78, 5) is 117. The van der Waals surface area contributed by atoms with Crippen LogP contribution >= 0.6 is 0 Å². The minimum Gasteiger partial charge on any atom is -0.493 e. The van der Waals surface area contributed by atoms with Gasteiger partial charge in [0, 0.05) is 113 Å². The predicted octanol–water partition coefficient (Wildman–Crippen LogP) is 7.53. The number of imide groups is 1. The summed E-state index contributed by atoms with van der Waals surface area (Å²) < 4.78 is 62.4. The van der Waals surface area contributed by atoms with Crippen molar-refractivity contribution in [3.8, 4) is 23.0 Å². The first-order valence-electron chi connectivity index (χ1n) is 35.0. The number of amides is 7. The number of ether oxygens (including phenoxy) is 11. The van der Waals surface area contributed by atoms with Crippen LogP contribution in [0.25, 0.3) is 5.57 Å². The van der Waals surface area contributed by atoms with Crippen molar-refractivity contribution in [2.75, 3.05) is 138 Å². The number of nitrogens with zero attached hydrogens (tertiary/aromatic N) is 5. The molecule has 101 heavy (non-hydrogen) atoms. The van der Waals surface area contributed by atoms with Gasteiger partial charge in [-0.05, 0) is 84.9 Å². The van der Waals surface area contributed by atoms with E-state index in [9.17, 15) is 38.4 Å². The van der Waals surface area contributed by atoms with Gasteiger partial charge in [0.15, 0.2) is 28.8 Å². The van der Waals surface area contributed by atoms with Crippen molar-refractivity contribution in [1.29, 1.82) is 0 Å². The monoisotopic (exact) mass is 1400 g/mol. The molecule has 0 aromatic heterocycles. The van der Waals surface area contributed by atoms with Crippen LogP contribution in [0.4, 0.5) is 17.1 Å². The summed E-state index contributed by atoms with van der Waals surface area (Å²) in [6, 6.07) is 13.0. The topological polar surface area (TPSA) is 309 Å². The van der Waals surface area contributed by atoms with Crippen LogP contribution in [0.2, 0.25) is 0 Å². The lowest BCUT2D eigenvalue weighted by Crippen LogP contribution is -2.45. The van der Waals surface area contributed by atoms with Crippen molar-refractivity contribution in [2.24, 2.45) is 27.7 Å². The zero-order valence-corrected chi connectivity index (χ0v) is 58.5. The molecule has 27 nitrogen and oxygen atoms in total. The molecule has 27 heteroatoms. The van der Waals surface area contributed by atoms with Crippen molar-refractivity contribution in [3.05, 3.63) is 95.3 Å². The minimum absolute atomic E-state index is 0.0324. The number of fused-ring (bicyclic) bond motifs is 4. The maximum atomic E-state index is 14.2. The maximum Gasteiger partial charge on any atom is 0.260 e. The fourth-order valence-corrected chi connectivity index (χ4v) is 11.8. The molecule has 0 saturated heterocycles. The second-order valence-corrected chi connectivity index (χ2v) is 25.5. The van der Waals surface area contributed by atoms with Gasteiger partial charge in [-0.2, -0.15) is 0 Å². The number of methoxy groups -OCH3 is 2. The highest BCUT2D eigenvalue weighted by Gasteiger charge is 2.39. The zero-order chi connectivity index (χ0) is 71.5. The van der Waals surface area contributed by atoms with E-state index in [2.05, 4.69) is 16.0 Å². The van der Waals surface area contributed by atoms with E-state index in [4.69, 9.17) is 62.1 Å². The molecule has 3 aromatic rings. The normalized spacial score (nSPS) is 17.2. The molecule has 1 aliphatic carbocycles. The lowest BCUT2D eigenvalue weighted by molar-refractivity contribution is -0.137. The summed E-state index contributed by atoms with van der Waals surface area (Å²) in [5.41, 5.74) is 5.46. The molecule has 4 atom stereocenters. The van der Waals surface area contributed by atoms with E-state index < -0.39 is 23.8 Å². The highest BCUT2D eigenvalue weighted by Crippen LogP contribution is 2.45. The van der Waals surface area contributed by atoms with Gasteiger partial charge in [-0.3, -0.25) is 53.2 Å². The van der Waals surface area contributed by atoms with E-state index >= 15 is 0 Å². The van der Waals surface area contributed by atoms with E-state index in [1.54, 1.807) is 66.4 Å². The number of aliphatic imine (C=N–C) groups is 2. The van der Waals surface area contributed by atoms with Crippen LogP contribution < -0.4 is 34.9 Å². The van der Waals surface area contributed by atoms with E-state index in [1.165, 1.54) is 37.7 Å². The summed E-state index contributed by atoms with van der Waals surface area (Å²) in [5, 5.41) is 8.52. The number of carbonyl (C=O) groups is 8. The van der Waals surface area contributed by atoms with Crippen LogP contribution in [0.5, 0.6) is 23.0 Å². The average molecular weight is 1400 g/mol. The number of benzene rings is 3. The Kier molecular flexibility index (Phi) is 29.9. The van der Waals surface area contributed by atoms with Crippen LogP contribution in [-0.2, 0) is 61.9 Å². The highest BCUT2D eigenvalue weighted by molar-refractivity contribution is 6.13. The van der Waals surface area contributed by atoms with Crippen LogP contribution in [0.3, 0.4) is 0 Å². The van der Waals surface area contributed by atoms with Gasteiger partial charge in [-0.25, -0.2) is 0 Å². The van der Waals surface area contributed by atoms with Gasteiger partial charge < -0.3 is 77.9 Å². The largest absolute Gasteiger partial charge is 0.493 e. The molecule has 1 fully saturated rings. The van der Waals surface area contributed by atoms with Gasteiger partial charge in [0.25, 0.3) is 23.6 Å². The van der Waals surface area contributed by atoms with E-state index in [1.807, 2.05) is 44.6 Å². The number of rotatable bonds is 47. The number of anilines is 1. The summed E-state index contributed by atoms with van der Waals surface area (Å²) in [6.45, 7) is 12.1. The highest BCUT2D eigenvalue weighted by atomic mass is 16.6. The third-order valence-corrected chi connectivity index (χ3v) is 17.6. The fourth-order valence-electron chi connectivity index (χ4n) is 11.8.